The highest BCUT2D eigenvalue weighted by molar-refractivity contribution is 5.31. The van der Waals surface area contributed by atoms with Gasteiger partial charge in [0.1, 0.15) is 5.75 Å². The Labute approximate surface area is 91.9 Å². The molecular weight excluding hydrogens is 186 g/mol. The van der Waals surface area contributed by atoms with Crippen LogP contribution in [0.25, 0.3) is 0 Å². The van der Waals surface area contributed by atoms with Gasteiger partial charge in [0, 0.05) is 6.04 Å². The number of ether oxygens (including phenoxy) is 1. The van der Waals surface area contributed by atoms with Crippen molar-refractivity contribution >= 4 is 0 Å². The summed E-state index contributed by atoms with van der Waals surface area (Å²) in [4.78, 5) is 2.54. The Morgan fingerprint density at radius 1 is 1.47 bits per heavy atom. The number of rotatable bonds is 3. The molecule has 15 heavy (non-hydrogen) atoms. The van der Waals surface area contributed by atoms with Crippen molar-refractivity contribution in [1.29, 1.82) is 0 Å². The van der Waals surface area contributed by atoms with Crippen LogP contribution in [0.5, 0.6) is 5.75 Å². The van der Waals surface area contributed by atoms with Crippen molar-refractivity contribution in [3.63, 3.8) is 0 Å². The fourth-order valence-electron chi connectivity index (χ4n) is 2.43. The van der Waals surface area contributed by atoms with Crippen LogP contribution in [0.4, 0.5) is 0 Å². The Kier molecular flexibility index (Phi) is 3.27. The van der Waals surface area contributed by atoms with Gasteiger partial charge in [-0.25, -0.2) is 0 Å². The molecule has 2 heteroatoms. The number of hydrogen-bond donors (Lipinski definition) is 0. The van der Waals surface area contributed by atoms with Gasteiger partial charge >= 0.3 is 0 Å². The molecule has 82 valence electrons. The minimum Gasteiger partial charge on any atom is -0.497 e. The first-order chi connectivity index (χ1) is 7.35. The lowest BCUT2D eigenvalue weighted by Gasteiger charge is -2.23. The summed E-state index contributed by atoms with van der Waals surface area (Å²) >= 11 is 0. The molecule has 0 aromatic heterocycles. The molecule has 2 rings (SSSR count). The van der Waals surface area contributed by atoms with Crippen LogP contribution in [-0.2, 0) is 0 Å². The van der Waals surface area contributed by atoms with E-state index in [1.54, 1.807) is 7.11 Å². The smallest absolute Gasteiger partial charge is 0.119 e. The highest BCUT2D eigenvalue weighted by Gasteiger charge is 2.24. The van der Waals surface area contributed by atoms with Gasteiger partial charge in [-0.15, -0.1) is 0 Å². The Bertz CT molecular complexity index is 324. The van der Waals surface area contributed by atoms with E-state index < -0.39 is 0 Å². The molecule has 1 aliphatic rings. The summed E-state index contributed by atoms with van der Waals surface area (Å²) in [5.41, 5.74) is 1.40. The molecule has 1 aromatic rings. The molecule has 1 aromatic carbocycles. The number of methoxy groups -OCH3 is 1. The minimum absolute atomic E-state index is 0.602. The van der Waals surface area contributed by atoms with Crippen LogP contribution in [0.15, 0.2) is 24.3 Å². The highest BCUT2D eigenvalue weighted by Crippen LogP contribution is 2.32. The first-order valence-corrected chi connectivity index (χ1v) is 5.73. The van der Waals surface area contributed by atoms with Crippen LogP contribution in [-0.4, -0.2) is 25.1 Å². The molecule has 0 bridgehead atoms. The molecule has 1 fully saturated rings. The summed E-state index contributed by atoms with van der Waals surface area (Å²) < 4.78 is 5.26. The van der Waals surface area contributed by atoms with E-state index in [4.69, 9.17) is 4.74 Å². The van der Waals surface area contributed by atoms with E-state index in [0.29, 0.717) is 6.04 Å². The number of hydrogen-bond acceptors (Lipinski definition) is 2. The lowest BCUT2D eigenvalue weighted by molar-refractivity contribution is 0.271. The van der Waals surface area contributed by atoms with Crippen molar-refractivity contribution in [2.45, 2.75) is 25.8 Å². The summed E-state index contributed by atoms with van der Waals surface area (Å²) in [6, 6.07) is 9.07. The zero-order valence-electron chi connectivity index (χ0n) is 9.57. The molecule has 1 saturated heterocycles. The molecule has 1 aliphatic heterocycles. The van der Waals surface area contributed by atoms with Gasteiger partial charge in [0.05, 0.1) is 7.11 Å². The predicted molar refractivity (Wildman–Crippen MR) is 62.2 cm³/mol. The van der Waals surface area contributed by atoms with Crippen LogP contribution in [0.2, 0.25) is 0 Å². The normalized spacial score (nSPS) is 21.9. The van der Waals surface area contributed by atoms with Crippen LogP contribution < -0.4 is 4.74 Å². The summed E-state index contributed by atoms with van der Waals surface area (Å²) in [6.07, 6.45) is 2.59. The van der Waals surface area contributed by atoms with Crippen molar-refractivity contribution in [2.75, 3.05) is 20.2 Å². The lowest BCUT2D eigenvalue weighted by Crippen LogP contribution is -2.22. The monoisotopic (exact) mass is 205 g/mol. The zero-order valence-corrected chi connectivity index (χ0v) is 9.57. The van der Waals surface area contributed by atoms with Crippen molar-refractivity contribution in [3.05, 3.63) is 29.8 Å². The lowest BCUT2D eigenvalue weighted by atomic mass is 10.0. The van der Waals surface area contributed by atoms with Gasteiger partial charge in [0.15, 0.2) is 0 Å². The Hall–Kier alpha value is -1.02. The summed E-state index contributed by atoms with van der Waals surface area (Å²) in [5, 5.41) is 0. The second-order valence-electron chi connectivity index (χ2n) is 4.06. The van der Waals surface area contributed by atoms with Gasteiger partial charge in [0.25, 0.3) is 0 Å². The third-order valence-electron chi connectivity index (χ3n) is 3.25. The Morgan fingerprint density at radius 2 is 2.33 bits per heavy atom. The largest absolute Gasteiger partial charge is 0.497 e. The highest BCUT2D eigenvalue weighted by atomic mass is 16.5. The number of benzene rings is 1. The Morgan fingerprint density at radius 3 is 3.07 bits per heavy atom. The van der Waals surface area contributed by atoms with Gasteiger partial charge in [0.2, 0.25) is 0 Å². The number of nitrogens with zero attached hydrogens (tertiary/aromatic N) is 1. The minimum atomic E-state index is 0.602. The van der Waals surface area contributed by atoms with E-state index in [1.165, 1.54) is 24.9 Å². The zero-order chi connectivity index (χ0) is 10.7. The Balaban J connectivity index is 2.20. The van der Waals surface area contributed by atoms with E-state index in [-0.39, 0.29) is 0 Å². The van der Waals surface area contributed by atoms with Gasteiger partial charge in [-0.05, 0) is 43.6 Å². The molecular formula is C13H19NO. The molecule has 0 radical (unpaired) electrons. The van der Waals surface area contributed by atoms with E-state index in [2.05, 4.69) is 30.0 Å². The van der Waals surface area contributed by atoms with Crippen LogP contribution >= 0.6 is 0 Å². The molecule has 0 saturated carbocycles. The standard InChI is InChI=1S/C13H19NO/c1-3-14-9-5-8-13(14)11-6-4-7-12(10-11)15-2/h4,6-7,10,13H,3,5,8-9H2,1-2H3/t13-/m0/s1. The second kappa shape index (κ2) is 4.67. The molecule has 0 N–H and O–H groups in total. The fraction of sp³-hybridized carbons (Fsp3) is 0.538. The second-order valence-corrected chi connectivity index (χ2v) is 4.06. The average molecular weight is 205 g/mol. The van der Waals surface area contributed by atoms with Crippen molar-refractivity contribution < 1.29 is 4.74 Å². The van der Waals surface area contributed by atoms with Crippen molar-refractivity contribution in [1.82, 2.24) is 4.90 Å². The van der Waals surface area contributed by atoms with Crippen molar-refractivity contribution in [2.24, 2.45) is 0 Å². The maximum absolute atomic E-state index is 5.26. The third kappa shape index (κ3) is 2.15. The molecule has 0 amide bonds. The first kappa shape index (κ1) is 10.5. The molecule has 1 atom stereocenters. The first-order valence-electron chi connectivity index (χ1n) is 5.73. The van der Waals surface area contributed by atoms with E-state index >= 15 is 0 Å². The van der Waals surface area contributed by atoms with Crippen LogP contribution in [0, 0.1) is 0 Å². The molecule has 2 nitrogen and oxygen atoms in total. The van der Waals surface area contributed by atoms with Gasteiger partial charge in [-0.3, -0.25) is 4.90 Å². The quantitative estimate of drug-likeness (QED) is 0.752. The number of likely N-dealkylation sites (tertiary alicyclic amines) is 1. The topological polar surface area (TPSA) is 12.5 Å². The van der Waals surface area contributed by atoms with Gasteiger partial charge in [-0.2, -0.15) is 0 Å². The van der Waals surface area contributed by atoms with Crippen LogP contribution in [0.1, 0.15) is 31.4 Å². The van der Waals surface area contributed by atoms with Gasteiger partial charge in [-0.1, -0.05) is 19.1 Å². The average Bonchev–Trinajstić information content (AvgIpc) is 2.77. The van der Waals surface area contributed by atoms with E-state index in [9.17, 15) is 0 Å². The van der Waals surface area contributed by atoms with Crippen LogP contribution in [0.3, 0.4) is 0 Å². The third-order valence-corrected chi connectivity index (χ3v) is 3.25. The maximum Gasteiger partial charge on any atom is 0.119 e. The summed E-state index contributed by atoms with van der Waals surface area (Å²) in [6.45, 7) is 4.61. The molecule has 0 spiro atoms. The van der Waals surface area contributed by atoms with Crippen molar-refractivity contribution in [3.8, 4) is 5.75 Å². The summed E-state index contributed by atoms with van der Waals surface area (Å²) in [7, 11) is 1.73. The molecule has 1 heterocycles. The molecule has 0 aliphatic carbocycles. The maximum atomic E-state index is 5.26. The summed E-state index contributed by atoms with van der Waals surface area (Å²) in [5.74, 6) is 0.968. The van der Waals surface area contributed by atoms with E-state index in [1.807, 2.05) is 6.07 Å². The van der Waals surface area contributed by atoms with E-state index in [0.717, 1.165) is 12.3 Å². The SMILES string of the molecule is CCN1CCC[C@H]1c1cccc(OC)c1. The predicted octanol–water partition coefficient (Wildman–Crippen LogP) is 2.85. The fourth-order valence-corrected chi connectivity index (χ4v) is 2.43. The van der Waals surface area contributed by atoms with Gasteiger partial charge < -0.3 is 4.74 Å². The molecule has 0 unspecified atom stereocenters.